The van der Waals surface area contributed by atoms with Crippen LogP contribution in [0.25, 0.3) is 0 Å². The molecule has 2 rings (SSSR count). The number of para-hydroxylation sites is 1. The van der Waals surface area contributed by atoms with Gasteiger partial charge in [0.25, 0.3) is 0 Å². The van der Waals surface area contributed by atoms with E-state index in [1.54, 1.807) is 0 Å². The number of hydrogen-bond acceptors (Lipinski definition) is 3. The van der Waals surface area contributed by atoms with Gasteiger partial charge in [-0.15, -0.1) is 0 Å². The molecule has 4 heteroatoms. The Kier molecular flexibility index (Phi) is 5.96. The average Bonchev–Trinajstić information content (AvgIpc) is 2.47. The van der Waals surface area contributed by atoms with Crippen molar-refractivity contribution < 1.29 is 8.95 Å². The summed E-state index contributed by atoms with van der Waals surface area (Å²) in [6, 6.07) is 15.8. The largest absolute Gasteiger partial charge is 0.492 e. The van der Waals surface area contributed by atoms with Crippen molar-refractivity contribution in [3.05, 3.63) is 65.2 Å². The fraction of sp³-hybridized carbons (Fsp3) is 0.294. The van der Waals surface area contributed by atoms with Crippen LogP contribution in [0, 0.1) is 6.92 Å². The molecule has 2 N–H and O–H groups in total. The summed E-state index contributed by atoms with van der Waals surface area (Å²) >= 11 is 0. The maximum Gasteiger partial charge on any atom is 0.123 e. The molecule has 0 aliphatic carbocycles. The average molecular weight is 303 g/mol. The maximum absolute atomic E-state index is 12.1. The zero-order valence-corrected chi connectivity index (χ0v) is 13.1. The highest BCUT2D eigenvalue weighted by Crippen LogP contribution is 2.17. The van der Waals surface area contributed by atoms with Crippen LogP contribution in [0.2, 0.25) is 0 Å². The minimum absolute atomic E-state index is 0.440. The molecule has 0 aromatic heterocycles. The van der Waals surface area contributed by atoms with Gasteiger partial charge in [-0.3, -0.25) is 4.21 Å². The lowest BCUT2D eigenvalue weighted by atomic mass is 10.2. The van der Waals surface area contributed by atoms with E-state index >= 15 is 0 Å². The topological polar surface area (TPSA) is 52.3 Å². The van der Waals surface area contributed by atoms with Crippen molar-refractivity contribution in [2.24, 2.45) is 5.73 Å². The molecule has 0 heterocycles. The van der Waals surface area contributed by atoms with Crippen molar-refractivity contribution in [2.45, 2.75) is 19.2 Å². The van der Waals surface area contributed by atoms with Gasteiger partial charge in [0.1, 0.15) is 5.75 Å². The second-order valence-corrected chi connectivity index (χ2v) is 6.51. The first-order chi connectivity index (χ1) is 10.2. The Balaban J connectivity index is 1.82. The Bertz CT molecular complexity index is 613. The van der Waals surface area contributed by atoms with Crippen molar-refractivity contribution in [2.75, 3.05) is 12.4 Å². The Morgan fingerprint density at radius 3 is 2.71 bits per heavy atom. The standard InChI is InChI=1S/C17H21NO2S/c1-14-5-4-6-15(11-14)13-21(19)10-9-20-17-8-3-2-7-16(17)12-18/h2-8,11H,9-10,12-13,18H2,1H3. The quantitative estimate of drug-likeness (QED) is 0.855. The van der Waals surface area contributed by atoms with Crippen LogP contribution < -0.4 is 10.5 Å². The van der Waals surface area contributed by atoms with Gasteiger partial charge in [0.15, 0.2) is 0 Å². The fourth-order valence-corrected chi connectivity index (χ4v) is 3.08. The number of nitrogens with two attached hydrogens (primary N) is 1. The third kappa shape index (κ3) is 4.99. The van der Waals surface area contributed by atoms with Crippen LogP contribution in [0.3, 0.4) is 0 Å². The van der Waals surface area contributed by atoms with E-state index in [4.69, 9.17) is 10.5 Å². The number of aryl methyl sites for hydroxylation is 1. The van der Waals surface area contributed by atoms with Gasteiger partial charge in [0.05, 0.1) is 12.4 Å². The minimum atomic E-state index is -0.918. The van der Waals surface area contributed by atoms with Gasteiger partial charge in [-0.1, -0.05) is 48.0 Å². The summed E-state index contributed by atoms with van der Waals surface area (Å²) in [6.07, 6.45) is 0. The molecule has 1 atom stereocenters. The zero-order chi connectivity index (χ0) is 15.1. The van der Waals surface area contributed by atoms with Gasteiger partial charge in [0.2, 0.25) is 0 Å². The van der Waals surface area contributed by atoms with Crippen LogP contribution in [0.5, 0.6) is 5.75 Å². The van der Waals surface area contributed by atoms with E-state index in [0.29, 0.717) is 24.7 Å². The van der Waals surface area contributed by atoms with Gasteiger partial charge in [-0.05, 0) is 18.6 Å². The third-order valence-corrected chi connectivity index (χ3v) is 4.45. The van der Waals surface area contributed by atoms with Crippen molar-refractivity contribution in [1.82, 2.24) is 0 Å². The fourth-order valence-electron chi connectivity index (χ4n) is 2.12. The molecule has 21 heavy (non-hydrogen) atoms. The second kappa shape index (κ2) is 7.96. The molecular weight excluding hydrogens is 282 g/mol. The highest BCUT2D eigenvalue weighted by Gasteiger charge is 2.05. The number of ether oxygens (including phenoxy) is 1. The van der Waals surface area contributed by atoms with Crippen LogP contribution in [0.1, 0.15) is 16.7 Å². The Labute approximate surface area is 128 Å². The van der Waals surface area contributed by atoms with Gasteiger partial charge in [-0.25, -0.2) is 0 Å². The van der Waals surface area contributed by atoms with Gasteiger partial charge in [-0.2, -0.15) is 0 Å². The summed E-state index contributed by atoms with van der Waals surface area (Å²) in [5.41, 5.74) is 8.93. The molecule has 112 valence electrons. The third-order valence-electron chi connectivity index (χ3n) is 3.17. The van der Waals surface area contributed by atoms with E-state index in [0.717, 1.165) is 16.9 Å². The zero-order valence-electron chi connectivity index (χ0n) is 12.2. The van der Waals surface area contributed by atoms with E-state index in [1.807, 2.05) is 49.4 Å². The summed E-state index contributed by atoms with van der Waals surface area (Å²) in [5.74, 6) is 1.88. The molecular formula is C17H21NO2S. The first-order valence-electron chi connectivity index (χ1n) is 7.00. The molecule has 0 fully saturated rings. The van der Waals surface area contributed by atoms with Crippen molar-refractivity contribution in [3.8, 4) is 5.75 Å². The Hall–Kier alpha value is -1.65. The van der Waals surface area contributed by atoms with Gasteiger partial charge < -0.3 is 10.5 Å². The van der Waals surface area contributed by atoms with Gasteiger partial charge in [0, 0.05) is 28.7 Å². The van der Waals surface area contributed by atoms with Crippen molar-refractivity contribution in [3.63, 3.8) is 0 Å². The molecule has 3 nitrogen and oxygen atoms in total. The lowest BCUT2D eigenvalue weighted by molar-refractivity contribution is 0.339. The molecule has 1 unspecified atom stereocenters. The second-order valence-electron chi connectivity index (χ2n) is 4.94. The smallest absolute Gasteiger partial charge is 0.123 e. The van der Waals surface area contributed by atoms with Crippen LogP contribution in [-0.2, 0) is 23.1 Å². The minimum Gasteiger partial charge on any atom is -0.492 e. The highest BCUT2D eigenvalue weighted by molar-refractivity contribution is 7.84. The van der Waals surface area contributed by atoms with E-state index < -0.39 is 10.8 Å². The number of hydrogen-bond donors (Lipinski definition) is 1. The summed E-state index contributed by atoms with van der Waals surface area (Å²) in [5, 5.41) is 0. The lowest BCUT2D eigenvalue weighted by Crippen LogP contribution is -2.11. The molecule has 0 spiro atoms. The van der Waals surface area contributed by atoms with E-state index in [1.165, 1.54) is 5.56 Å². The van der Waals surface area contributed by atoms with E-state index in [-0.39, 0.29) is 0 Å². The highest BCUT2D eigenvalue weighted by atomic mass is 32.2. The predicted molar refractivity (Wildman–Crippen MR) is 87.7 cm³/mol. The molecule has 0 saturated heterocycles. The monoisotopic (exact) mass is 303 g/mol. The van der Waals surface area contributed by atoms with E-state index in [2.05, 4.69) is 6.07 Å². The summed E-state index contributed by atoms with van der Waals surface area (Å²) < 4.78 is 17.8. The number of rotatable bonds is 7. The van der Waals surface area contributed by atoms with Crippen molar-refractivity contribution in [1.29, 1.82) is 0 Å². The maximum atomic E-state index is 12.1. The molecule has 0 radical (unpaired) electrons. The van der Waals surface area contributed by atoms with Crippen LogP contribution in [-0.4, -0.2) is 16.6 Å². The molecule has 0 aliphatic rings. The normalized spacial score (nSPS) is 12.1. The first kappa shape index (κ1) is 15.7. The van der Waals surface area contributed by atoms with Crippen LogP contribution in [0.4, 0.5) is 0 Å². The van der Waals surface area contributed by atoms with Crippen LogP contribution in [0.15, 0.2) is 48.5 Å². The summed E-state index contributed by atoms with van der Waals surface area (Å²) in [6.45, 7) is 2.93. The van der Waals surface area contributed by atoms with Crippen molar-refractivity contribution >= 4 is 10.8 Å². The molecule has 0 aliphatic heterocycles. The lowest BCUT2D eigenvalue weighted by Gasteiger charge is -2.10. The molecule has 2 aromatic rings. The Morgan fingerprint density at radius 2 is 1.95 bits per heavy atom. The molecule has 2 aromatic carbocycles. The predicted octanol–water partition coefficient (Wildman–Crippen LogP) is 2.78. The van der Waals surface area contributed by atoms with Crippen LogP contribution >= 0.6 is 0 Å². The molecule has 0 saturated carbocycles. The number of benzene rings is 2. The van der Waals surface area contributed by atoms with Gasteiger partial charge >= 0.3 is 0 Å². The SMILES string of the molecule is Cc1cccc(CS(=O)CCOc2ccccc2CN)c1. The first-order valence-corrected chi connectivity index (χ1v) is 8.49. The Morgan fingerprint density at radius 1 is 1.14 bits per heavy atom. The molecule has 0 bridgehead atoms. The summed E-state index contributed by atoms with van der Waals surface area (Å²) in [4.78, 5) is 0. The van der Waals surface area contributed by atoms with E-state index in [9.17, 15) is 4.21 Å². The summed E-state index contributed by atoms with van der Waals surface area (Å²) in [7, 11) is -0.918. The molecule has 0 amide bonds.